The normalized spacial score (nSPS) is 15.1. The maximum atomic E-state index is 13.4. The largest absolute Gasteiger partial charge is 0.444 e. The van der Waals surface area contributed by atoms with E-state index in [4.69, 9.17) is 4.74 Å². The molecule has 0 saturated heterocycles. The van der Waals surface area contributed by atoms with Crippen molar-refractivity contribution in [1.82, 2.24) is 4.90 Å². The second-order valence-electron chi connectivity index (χ2n) is 6.33. The molecule has 1 aliphatic rings. The van der Waals surface area contributed by atoms with Gasteiger partial charge < -0.3 is 9.64 Å². The molecule has 124 valence electrons. The van der Waals surface area contributed by atoms with Gasteiger partial charge in [-0.3, -0.25) is 10.1 Å². The SMILES string of the molecule is CC(C)(C)OC(=O)N1CC=C(c2ccc(F)c([N+](=O)[O-])c2)CC1. The van der Waals surface area contributed by atoms with E-state index >= 15 is 0 Å². The number of nitrogens with zero attached hydrogens (tertiary/aromatic N) is 2. The van der Waals surface area contributed by atoms with E-state index in [1.165, 1.54) is 12.1 Å². The van der Waals surface area contributed by atoms with E-state index in [1.807, 2.05) is 6.08 Å². The highest BCUT2D eigenvalue weighted by atomic mass is 19.1. The summed E-state index contributed by atoms with van der Waals surface area (Å²) >= 11 is 0. The summed E-state index contributed by atoms with van der Waals surface area (Å²) in [5.74, 6) is -0.856. The quantitative estimate of drug-likeness (QED) is 0.614. The summed E-state index contributed by atoms with van der Waals surface area (Å²) in [6.07, 6.45) is 1.95. The van der Waals surface area contributed by atoms with Gasteiger partial charge in [-0.2, -0.15) is 4.39 Å². The molecule has 0 radical (unpaired) electrons. The van der Waals surface area contributed by atoms with Gasteiger partial charge in [0.1, 0.15) is 5.60 Å². The number of nitro benzene ring substituents is 1. The maximum absolute atomic E-state index is 13.4. The van der Waals surface area contributed by atoms with Crippen molar-refractivity contribution in [2.45, 2.75) is 32.8 Å². The Balaban J connectivity index is 2.12. The van der Waals surface area contributed by atoms with E-state index in [0.29, 0.717) is 25.1 Å². The van der Waals surface area contributed by atoms with E-state index < -0.39 is 28.1 Å². The lowest BCUT2D eigenvalue weighted by Crippen LogP contribution is -2.39. The van der Waals surface area contributed by atoms with Gasteiger partial charge in [0.05, 0.1) is 4.92 Å². The Kier molecular flexibility index (Phi) is 4.68. The Morgan fingerprint density at radius 3 is 2.61 bits per heavy atom. The minimum atomic E-state index is -0.856. The molecule has 0 aliphatic carbocycles. The number of amides is 1. The molecule has 7 heteroatoms. The molecule has 23 heavy (non-hydrogen) atoms. The van der Waals surface area contributed by atoms with E-state index in [1.54, 1.807) is 25.7 Å². The lowest BCUT2D eigenvalue weighted by molar-refractivity contribution is -0.387. The van der Waals surface area contributed by atoms with Crippen LogP contribution in [0.3, 0.4) is 0 Å². The van der Waals surface area contributed by atoms with Gasteiger partial charge in [0.15, 0.2) is 0 Å². The Morgan fingerprint density at radius 2 is 2.09 bits per heavy atom. The molecule has 6 nitrogen and oxygen atoms in total. The number of carbonyl (C=O) groups excluding carboxylic acids is 1. The Labute approximate surface area is 133 Å². The lowest BCUT2D eigenvalue weighted by atomic mass is 9.99. The van der Waals surface area contributed by atoms with Crippen LogP contribution in [0.5, 0.6) is 0 Å². The van der Waals surface area contributed by atoms with E-state index in [2.05, 4.69) is 0 Å². The van der Waals surface area contributed by atoms with Crippen LogP contribution in [0.2, 0.25) is 0 Å². The third-order valence-electron chi connectivity index (χ3n) is 3.37. The molecule has 1 aromatic carbocycles. The fraction of sp³-hybridized carbons (Fsp3) is 0.438. The van der Waals surface area contributed by atoms with Crippen LogP contribution >= 0.6 is 0 Å². The number of carbonyl (C=O) groups is 1. The van der Waals surface area contributed by atoms with Crippen molar-refractivity contribution in [3.05, 3.63) is 45.8 Å². The molecule has 0 bridgehead atoms. The van der Waals surface area contributed by atoms with Crippen LogP contribution in [0, 0.1) is 15.9 Å². The second-order valence-corrected chi connectivity index (χ2v) is 6.33. The predicted molar refractivity (Wildman–Crippen MR) is 83.5 cm³/mol. The fourth-order valence-electron chi connectivity index (χ4n) is 2.28. The summed E-state index contributed by atoms with van der Waals surface area (Å²) in [4.78, 5) is 23.6. The van der Waals surface area contributed by atoms with Gasteiger partial charge in [-0.15, -0.1) is 0 Å². The van der Waals surface area contributed by atoms with Crippen molar-refractivity contribution < 1.29 is 18.8 Å². The van der Waals surface area contributed by atoms with Gasteiger partial charge in [0.25, 0.3) is 0 Å². The average Bonchev–Trinajstić information content (AvgIpc) is 2.46. The van der Waals surface area contributed by atoms with Crippen molar-refractivity contribution in [3.63, 3.8) is 0 Å². The second kappa shape index (κ2) is 6.36. The Hall–Kier alpha value is -2.44. The molecule has 0 saturated carbocycles. The molecule has 0 unspecified atom stereocenters. The van der Waals surface area contributed by atoms with Crippen molar-refractivity contribution in [1.29, 1.82) is 0 Å². The van der Waals surface area contributed by atoms with E-state index in [9.17, 15) is 19.3 Å². The third-order valence-corrected chi connectivity index (χ3v) is 3.37. The third kappa shape index (κ3) is 4.28. The number of rotatable bonds is 2. The molecule has 0 aromatic heterocycles. The van der Waals surface area contributed by atoms with Gasteiger partial charge in [-0.1, -0.05) is 12.1 Å². The first-order chi connectivity index (χ1) is 10.7. The summed E-state index contributed by atoms with van der Waals surface area (Å²) in [5.41, 5.74) is 0.353. The molecule has 0 N–H and O–H groups in total. The standard InChI is InChI=1S/C16H19FN2O4/c1-16(2,3)23-15(20)18-8-6-11(7-9-18)12-4-5-13(17)14(10-12)19(21)22/h4-6,10H,7-9H2,1-3H3. The first kappa shape index (κ1) is 16.9. The molecule has 1 heterocycles. The lowest BCUT2D eigenvalue weighted by Gasteiger charge is -2.29. The summed E-state index contributed by atoms with van der Waals surface area (Å²) in [6, 6.07) is 3.83. The zero-order valence-electron chi connectivity index (χ0n) is 13.3. The molecule has 0 fully saturated rings. The molecule has 2 rings (SSSR count). The average molecular weight is 322 g/mol. The highest BCUT2D eigenvalue weighted by Crippen LogP contribution is 2.27. The van der Waals surface area contributed by atoms with Gasteiger partial charge in [-0.25, -0.2) is 4.79 Å². The van der Waals surface area contributed by atoms with E-state index in [0.717, 1.165) is 11.6 Å². The number of hydrogen-bond acceptors (Lipinski definition) is 4. The Morgan fingerprint density at radius 1 is 1.39 bits per heavy atom. The van der Waals surface area contributed by atoms with Crippen LogP contribution in [-0.2, 0) is 4.74 Å². The van der Waals surface area contributed by atoms with Crippen LogP contribution in [-0.4, -0.2) is 34.6 Å². The number of ether oxygens (including phenoxy) is 1. The van der Waals surface area contributed by atoms with Gasteiger partial charge in [0.2, 0.25) is 5.82 Å². The zero-order chi connectivity index (χ0) is 17.2. The van der Waals surface area contributed by atoms with Crippen molar-refractivity contribution >= 4 is 17.4 Å². The van der Waals surface area contributed by atoms with Crippen LogP contribution in [0.4, 0.5) is 14.9 Å². The van der Waals surface area contributed by atoms with Crippen LogP contribution < -0.4 is 0 Å². The molecular formula is C16H19FN2O4. The number of benzene rings is 1. The minimum Gasteiger partial charge on any atom is -0.444 e. The highest BCUT2D eigenvalue weighted by molar-refractivity contribution is 5.73. The maximum Gasteiger partial charge on any atom is 0.410 e. The highest BCUT2D eigenvalue weighted by Gasteiger charge is 2.24. The van der Waals surface area contributed by atoms with Crippen LogP contribution in [0.25, 0.3) is 5.57 Å². The molecule has 0 atom stereocenters. The summed E-state index contributed by atoms with van der Waals surface area (Å²) in [7, 11) is 0. The molecule has 1 aromatic rings. The summed E-state index contributed by atoms with van der Waals surface area (Å²) in [5, 5.41) is 10.8. The summed E-state index contributed by atoms with van der Waals surface area (Å²) < 4.78 is 18.7. The number of nitro groups is 1. The fourth-order valence-corrected chi connectivity index (χ4v) is 2.28. The predicted octanol–water partition coefficient (Wildman–Crippen LogP) is 3.76. The molecule has 1 amide bonds. The van der Waals surface area contributed by atoms with Crippen molar-refractivity contribution in [2.24, 2.45) is 0 Å². The van der Waals surface area contributed by atoms with Gasteiger partial charge in [-0.05, 0) is 44.4 Å². The van der Waals surface area contributed by atoms with Crippen molar-refractivity contribution in [2.75, 3.05) is 13.1 Å². The first-order valence-electron chi connectivity index (χ1n) is 7.28. The monoisotopic (exact) mass is 322 g/mol. The minimum absolute atomic E-state index is 0.357. The molecule has 1 aliphatic heterocycles. The number of hydrogen-bond donors (Lipinski definition) is 0. The van der Waals surface area contributed by atoms with Crippen molar-refractivity contribution in [3.8, 4) is 0 Å². The summed E-state index contributed by atoms with van der Waals surface area (Å²) in [6.45, 7) is 6.20. The van der Waals surface area contributed by atoms with Crippen LogP contribution in [0.1, 0.15) is 32.8 Å². The Bertz CT molecular complexity index is 665. The topological polar surface area (TPSA) is 72.7 Å². The first-order valence-corrected chi connectivity index (χ1v) is 7.28. The van der Waals surface area contributed by atoms with Crippen LogP contribution in [0.15, 0.2) is 24.3 Å². The number of halogens is 1. The van der Waals surface area contributed by atoms with E-state index in [-0.39, 0.29) is 0 Å². The smallest absolute Gasteiger partial charge is 0.410 e. The van der Waals surface area contributed by atoms with Gasteiger partial charge in [0, 0.05) is 19.2 Å². The molecule has 0 spiro atoms. The molecular weight excluding hydrogens is 303 g/mol. The van der Waals surface area contributed by atoms with Gasteiger partial charge >= 0.3 is 11.8 Å². The zero-order valence-corrected chi connectivity index (χ0v) is 13.3.